The van der Waals surface area contributed by atoms with Crippen LogP contribution < -0.4 is 5.32 Å². The van der Waals surface area contributed by atoms with Crippen molar-refractivity contribution in [2.24, 2.45) is 0 Å². The molecule has 100 valence electrons. The van der Waals surface area contributed by atoms with Gasteiger partial charge in [-0.2, -0.15) is 0 Å². The predicted octanol–water partition coefficient (Wildman–Crippen LogP) is 1.61. The molecule has 2 N–H and O–H groups in total. The van der Waals surface area contributed by atoms with Crippen LogP contribution >= 0.6 is 12.4 Å². The average molecular weight is 272 g/mol. The van der Waals surface area contributed by atoms with Crippen molar-refractivity contribution >= 4 is 18.4 Å². The number of halogens is 1. The van der Waals surface area contributed by atoms with Crippen LogP contribution in [0.3, 0.4) is 0 Å². The summed E-state index contributed by atoms with van der Waals surface area (Å²) in [6.07, 6.45) is 1.40. The highest BCUT2D eigenvalue weighted by Crippen LogP contribution is 2.36. The molecule has 0 aliphatic carbocycles. The number of carbonyl (C=O) groups is 1. The van der Waals surface area contributed by atoms with E-state index in [0.717, 1.165) is 18.7 Å². The third-order valence-electron chi connectivity index (χ3n) is 3.43. The smallest absolute Gasteiger partial charge is 0.316 e. The normalized spacial score (nSPS) is 17.6. The quantitative estimate of drug-likeness (QED) is 0.803. The summed E-state index contributed by atoms with van der Waals surface area (Å²) in [4.78, 5) is 12.1. The van der Waals surface area contributed by atoms with Crippen LogP contribution in [0.5, 0.6) is 5.75 Å². The van der Waals surface area contributed by atoms with Crippen molar-refractivity contribution in [3.05, 3.63) is 29.8 Å². The molecule has 1 heterocycles. The Morgan fingerprint density at radius 3 is 2.61 bits per heavy atom. The van der Waals surface area contributed by atoms with Crippen LogP contribution in [0, 0.1) is 0 Å². The lowest BCUT2D eigenvalue weighted by Gasteiger charge is -2.35. The fraction of sp³-hybridized carbons (Fsp3) is 0.462. The fourth-order valence-electron chi connectivity index (χ4n) is 2.46. The summed E-state index contributed by atoms with van der Waals surface area (Å²) in [5.41, 5.74) is 0.226. The van der Waals surface area contributed by atoms with Gasteiger partial charge in [-0.05, 0) is 43.6 Å². The van der Waals surface area contributed by atoms with Crippen LogP contribution in [-0.2, 0) is 14.9 Å². The van der Waals surface area contributed by atoms with Gasteiger partial charge in [0.2, 0.25) is 0 Å². The summed E-state index contributed by atoms with van der Waals surface area (Å²) < 4.78 is 4.94. The van der Waals surface area contributed by atoms with Gasteiger partial charge in [0, 0.05) is 0 Å². The third-order valence-corrected chi connectivity index (χ3v) is 3.43. The summed E-state index contributed by atoms with van der Waals surface area (Å²) in [7, 11) is 1.41. The number of rotatable bonds is 2. The number of piperidine rings is 1. The molecule has 0 bridgehead atoms. The highest BCUT2D eigenvalue weighted by atomic mass is 35.5. The van der Waals surface area contributed by atoms with E-state index in [1.807, 2.05) is 6.07 Å². The van der Waals surface area contributed by atoms with E-state index in [0.29, 0.717) is 12.8 Å². The first-order valence-corrected chi connectivity index (χ1v) is 5.78. The number of phenolic OH excluding ortho intramolecular Hbond substituents is 1. The van der Waals surface area contributed by atoms with E-state index in [2.05, 4.69) is 5.32 Å². The van der Waals surface area contributed by atoms with Crippen molar-refractivity contribution in [3.63, 3.8) is 0 Å². The third kappa shape index (κ3) is 2.60. The molecule has 0 aromatic heterocycles. The molecule has 2 rings (SSSR count). The number of ether oxygens (including phenoxy) is 1. The van der Waals surface area contributed by atoms with Crippen LogP contribution in [0.15, 0.2) is 24.3 Å². The molecule has 1 fully saturated rings. The molecule has 0 unspecified atom stereocenters. The van der Waals surface area contributed by atoms with Crippen LogP contribution in [-0.4, -0.2) is 31.3 Å². The minimum atomic E-state index is -0.612. The summed E-state index contributed by atoms with van der Waals surface area (Å²) in [5, 5.41) is 12.8. The van der Waals surface area contributed by atoms with Crippen molar-refractivity contribution < 1.29 is 14.6 Å². The Kier molecular flexibility index (Phi) is 4.99. The van der Waals surface area contributed by atoms with E-state index >= 15 is 0 Å². The first-order chi connectivity index (χ1) is 8.19. The van der Waals surface area contributed by atoms with Crippen molar-refractivity contribution in [3.8, 4) is 5.75 Å². The number of hydrogen-bond donors (Lipinski definition) is 2. The molecule has 5 heteroatoms. The van der Waals surface area contributed by atoms with Crippen molar-refractivity contribution in [1.82, 2.24) is 5.32 Å². The van der Waals surface area contributed by atoms with Gasteiger partial charge in [-0.25, -0.2) is 0 Å². The van der Waals surface area contributed by atoms with Gasteiger partial charge >= 0.3 is 5.97 Å². The number of phenols is 1. The molecule has 1 aromatic rings. The minimum Gasteiger partial charge on any atom is -0.508 e. The Balaban J connectivity index is 0.00000162. The lowest BCUT2D eigenvalue weighted by molar-refractivity contribution is -0.148. The maximum atomic E-state index is 12.1. The Morgan fingerprint density at radius 2 is 2.06 bits per heavy atom. The maximum absolute atomic E-state index is 12.1. The number of carbonyl (C=O) groups excluding carboxylic acids is 1. The highest BCUT2D eigenvalue weighted by Gasteiger charge is 2.42. The Bertz CT molecular complexity index is 416. The summed E-state index contributed by atoms with van der Waals surface area (Å²) in [6, 6.07) is 6.90. The number of nitrogens with one attached hydrogen (secondary N) is 1. The van der Waals surface area contributed by atoms with Crippen LogP contribution in [0.4, 0.5) is 0 Å². The molecular weight excluding hydrogens is 254 g/mol. The van der Waals surface area contributed by atoms with E-state index in [1.54, 1.807) is 18.2 Å². The fourth-order valence-corrected chi connectivity index (χ4v) is 2.46. The van der Waals surface area contributed by atoms with Crippen LogP contribution in [0.2, 0.25) is 0 Å². The average Bonchev–Trinajstić information content (AvgIpc) is 2.38. The standard InChI is InChI=1S/C13H17NO3.ClH/c1-17-12(16)13(5-7-14-8-6-13)10-3-2-4-11(15)9-10;/h2-4,9,14-15H,5-8H2,1H3;1H. The van der Waals surface area contributed by atoms with Gasteiger partial charge in [0.25, 0.3) is 0 Å². The largest absolute Gasteiger partial charge is 0.508 e. The number of methoxy groups -OCH3 is 1. The monoisotopic (exact) mass is 271 g/mol. The van der Waals surface area contributed by atoms with Gasteiger partial charge in [0.15, 0.2) is 0 Å². The Hall–Kier alpha value is -1.26. The number of hydrogen-bond acceptors (Lipinski definition) is 4. The number of aromatic hydroxyl groups is 1. The Labute approximate surface area is 113 Å². The minimum absolute atomic E-state index is 0. The summed E-state index contributed by atoms with van der Waals surface area (Å²) in [5.74, 6) is -0.0334. The SMILES string of the molecule is COC(=O)C1(c2cccc(O)c2)CCNCC1.Cl. The molecule has 4 nitrogen and oxygen atoms in total. The molecule has 1 saturated heterocycles. The second kappa shape index (κ2) is 6.07. The van der Waals surface area contributed by atoms with E-state index in [9.17, 15) is 9.90 Å². The first kappa shape index (κ1) is 14.8. The zero-order valence-corrected chi connectivity index (χ0v) is 11.1. The van der Waals surface area contributed by atoms with Gasteiger partial charge < -0.3 is 15.2 Å². The van der Waals surface area contributed by atoms with E-state index in [4.69, 9.17) is 4.74 Å². The molecule has 0 spiro atoms. The molecule has 0 amide bonds. The Morgan fingerprint density at radius 1 is 1.39 bits per heavy atom. The number of esters is 1. The van der Waals surface area contributed by atoms with Gasteiger partial charge in [0.1, 0.15) is 5.75 Å². The summed E-state index contributed by atoms with van der Waals surface area (Å²) >= 11 is 0. The van der Waals surface area contributed by atoms with Crippen LogP contribution in [0.1, 0.15) is 18.4 Å². The molecule has 0 saturated carbocycles. The molecule has 1 aromatic carbocycles. The van der Waals surface area contributed by atoms with Gasteiger partial charge in [-0.1, -0.05) is 12.1 Å². The van der Waals surface area contributed by atoms with Gasteiger partial charge in [0.05, 0.1) is 12.5 Å². The first-order valence-electron chi connectivity index (χ1n) is 5.78. The molecule has 0 atom stereocenters. The highest BCUT2D eigenvalue weighted by molar-refractivity contribution is 5.85. The van der Waals surface area contributed by atoms with E-state index in [-0.39, 0.29) is 24.1 Å². The maximum Gasteiger partial charge on any atom is 0.316 e. The van der Waals surface area contributed by atoms with Crippen LogP contribution in [0.25, 0.3) is 0 Å². The lowest BCUT2D eigenvalue weighted by atomic mass is 9.73. The van der Waals surface area contributed by atoms with Crippen molar-refractivity contribution in [1.29, 1.82) is 0 Å². The predicted molar refractivity (Wildman–Crippen MR) is 71.2 cm³/mol. The molecule has 18 heavy (non-hydrogen) atoms. The van der Waals surface area contributed by atoms with Gasteiger partial charge in [-0.15, -0.1) is 12.4 Å². The van der Waals surface area contributed by atoms with Gasteiger partial charge in [-0.3, -0.25) is 4.79 Å². The summed E-state index contributed by atoms with van der Waals surface area (Å²) in [6.45, 7) is 1.56. The molecular formula is C13H18ClNO3. The topological polar surface area (TPSA) is 58.6 Å². The van der Waals surface area contributed by atoms with Crippen molar-refractivity contribution in [2.45, 2.75) is 18.3 Å². The van der Waals surface area contributed by atoms with Crippen molar-refractivity contribution in [2.75, 3.05) is 20.2 Å². The molecule has 1 aliphatic rings. The lowest BCUT2D eigenvalue weighted by Crippen LogP contribution is -2.46. The van der Waals surface area contributed by atoms with E-state index in [1.165, 1.54) is 7.11 Å². The second-order valence-corrected chi connectivity index (χ2v) is 4.37. The number of benzene rings is 1. The zero-order chi connectivity index (χ0) is 12.3. The molecule has 0 radical (unpaired) electrons. The zero-order valence-electron chi connectivity index (χ0n) is 10.3. The molecule has 1 aliphatic heterocycles. The second-order valence-electron chi connectivity index (χ2n) is 4.37. The van der Waals surface area contributed by atoms with E-state index < -0.39 is 5.41 Å².